The zero-order valence-electron chi connectivity index (χ0n) is 8.44. The molecule has 3 nitrogen and oxygen atoms in total. The number of hydrogen-bond donors (Lipinski definition) is 0. The third kappa shape index (κ3) is 2.62. The summed E-state index contributed by atoms with van der Waals surface area (Å²) >= 11 is 0. The van der Waals surface area contributed by atoms with E-state index in [0.29, 0.717) is 5.82 Å². The van der Waals surface area contributed by atoms with Gasteiger partial charge in [-0.25, -0.2) is 9.97 Å². The summed E-state index contributed by atoms with van der Waals surface area (Å²) < 4.78 is 0. The van der Waals surface area contributed by atoms with E-state index in [1.54, 1.807) is 31.7 Å². The molecule has 72 valence electrons. The lowest BCUT2D eigenvalue weighted by Gasteiger charge is -1.98. The molecule has 0 N–H and O–H groups in total. The molecule has 1 aromatic rings. The molecule has 0 saturated carbocycles. The van der Waals surface area contributed by atoms with E-state index in [2.05, 4.69) is 21.5 Å². The zero-order chi connectivity index (χ0) is 10.4. The van der Waals surface area contributed by atoms with Crippen molar-refractivity contribution in [3.63, 3.8) is 0 Å². The summed E-state index contributed by atoms with van der Waals surface area (Å²) in [6, 6.07) is 0. The topological polar surface area (TPSA) is 38.1 Å². The van der Waals surface area contributed by atoms with Crippen molar-refractivity contribution in [1.82, 2.24) is 9.97 Å². The summed E-state index contributed by atoms with van der Waals surface area (Å²) in [4.78, 5) is 12.3. The molecule has 0 aliphatic carbocycles. The maximum absolute atomic E-state index is 4.20. The number of nitrogens with zero attached hydrogens (tertiary/aromatic N) is 3. The molecule has 0 fully saturated rings. The van der Waals surface area contributed by atoms with Crippen molar-refractivity contribution in [3.05, 3.63) is 42.5 Å². The Morgan fingerprint density at radius 2 is 2.07 bits per heavy atom. The van der Waals surface area contributed by atoms with Crippen molar-refractivity contribution >= 4 is 11.8 Å². The average Bonchev–Trinajstić information content (AvgIpc) is 2.19. The lowest BCUT2D eigenvalue weighted by atomic mass is 10.2. The Morgan fingerprint density at radius 3 is 2.57 bits per heavy atom. The van der Waals surface area contributed by atoms with Gasteiger partial charge in [0.1, 0.15) is 0 Å². The van der Waals surface area contributed by atoms with E-state index in [4.69, 9.17) is 0 Å². The molecular formula is C11H13N3. The van der Waals surface area contributed by atoms with Gasteiger partial charge in [-0.2, -0.15) is 0 Å². The van der Waals surface area contributed by atoms with Crippen molar-refractivity contribution in [3.8, 4) is 0 Å². The predicted molar refractivity (Wildman–Crippen MR) is 59.4 cm³/mol. The van der Waals surface area contributed by atoms with Crippen LogP contribution in [0, 0.1) is 6.92 Å². The molecule has 14 heavy (non-hydrogen) atoms. The fourth-order valence-corrected chi connectivity index (χ4v) is 0.983. The second kappa shape index (κ2) is 5.07. The first-order valence-electron chi connectivity index (χ1n) is 4.32. The van der Waals surface area contributed by atoms with Crippen LogP contribution >= 0.6 is 0 Å². The van der Waals surface area contributed by atoms with E-state index >= 15 is 0 Å². The molecule has 0 aliphatic heterocycles. The Morgan fingerprint density at radius 1 is 1.43 bits per heavy atom. The van der Waals surface area contributed by atoms with Crippen LogP contribution in [0.4, 0.5) is 0 Å². The number of hydrogen-bond acceptors (Lipinski definition) is 3. The van der Waals surface area contributed by atoms with Gasteiger partial charge in [-0.3, -0.25) is 4.99 Å². The summed E-state index contributed by atoms with van der Waals surface area (Å²) in [5, 5.41) is 0. The fraction of sp³-hybridized carbons (Fsp3) is 0.182. The van der Waals surface area contributed by atoms with E-state index in [-0.39, 0.29) is 0 Å². The highest BCUT2D eigenvalue weighted by Gasteiger charge is 1.99. The van der Waals surface area contributed by atoms with Crippen LogP contribution in [0.3, 0.4) is 0 Å². The van der Waals surface area contributed by atoms with Crippen LogP contribution in [0.1, 0.15) is 11.4 Å². The number of rotatable bonds is 3. The standard InChI is InChI=1S/C11H13N3/c1-4-5-10(8-12-3)11-13-6-9(2)7-14-11/h4-8H,1H2,2-3H3/b10-5+,12-8?. The molecular weight excluding hydrogens is 174 g/mol. The summed E-state index contributed by atoms with van der Waals surface area (Å²) in [7, 11) is 1.71. The Balaban J connectivity index is 3.05. The van der Waals surface area contributed by atoms with Gasteiger partial charge in [0.15, 0.2) is 5.82 Å². The normalized spacial score (nSPS) is 12.0. The first-order valence-corrected chi connectivity index (χ1v) is 4.32. The van der Waals surface area contributed by atoms with Gasteiger partial charge in [0.2, 0.25) is 0 Å². The monoisotopic (exact) mass is 187 g/mol. The van der Waals surface area contributed by atoms with Gasteiger partial charge < -0.3 is 0 Å². The molecule has 1 heterocycles. The zero-order valence-corrected chi connectivity index (χ0v) is 8.44. The van der Waals surface area contributed by atoms with Crippen molar-refractivity contribution in [2.45, 2.75) is 6.92 Å². The Labute approximate surface area is 83.9 Å². The maximum atomic E-state index is 4.20. The van der Waals surface area contributed by atoms with E-state index in [9.17, 15) is 0 Å². The van der Waals surface area contributed by atoms with Crippen LogP contribution in [0.25, 0.3) is 5.57 Å². The van der Waals surface area contributed by atoms with Crippen LogP contribution < -0.4 is 0 Å². The largest absolute Gasteiger partial charge is 0.296 e. The minimum absolute atomic E-state index is 0.668. The van der Waals surface area contributed by atoms with Gasteiger partial charge in [0.25, 0.3) is 0 Å². The van der Waals surface area contributed by atoms with Gasteiger partial charge in [-0.1, -0.05) is 18.7 Å². The molecule has 0 spiro atoms. The lowest BCUT2D eigenvalue weighted by Crippen LogP contribution is -1.95. The van der Waals surface area contributed by atoms with Gasteiger partial charge in [0.05, 0.1) is 0 Å². The minimum atomic E-state index is 0.668. The molecule has 0 unspecified atom stereocenters. The SMILES string of the molecule is C=C/C=C(\C=NC)c1ncc(C)cn1. The predicted octanol–water partition coefficient (Wildman–Crippen LogP) is 2.06. The van der Waals surface area contributed by atoms with Crippen molar-refractivity contribution < 1.29 is 0 Å². The van der Waals surface area contributed by atoms with E-state index in [1.807, 2.05) is 13.0 Å². The number of aliphatic imine (C=N–C) groups is 1. The number of aryl methyl sites for hydroxylation is 1. The Bertz CT molecular complexity index is 361. The molecule has 0 aliphatic rings. The highest BCUT2D eigenvalue weighted by Crippen LogP contribution is 2.06. The molecule has 1 aromatic heterocycles. The number of allylic oxidation sites excluding steroid dienone is 3. The molecule has 3 heteroatoms. The van der Waals surface area contributed by atoms with Crippen molar-refractivity contribution in [2.75, 3.05) is 7.05 Å². The van der Waals surface area contributed by atoms with Crippen LogP contribution in [0.15, 0.2) is 36.1 Å². The summed E-state index contributed by atoms with van der Waals surface area (Å²) in [6.07, 6.45) is 8.80. The van der Waals surface area contributed by atoms with Crippen LogP contribution in [0.2, 0.25) is 0 Å². The second-order valence-electron chi connectivity index (χ2n) is 2.83. The third-order valence-electron chi connectivity index (χ3n) is 1.60. The van der Waals surface area contributed by atoms with Crippen molar-refractivity contribution in [2.24, 2.45) is 4.99 Å². The van der Waals surface area contributed by atoms with Gasteiger partial charge in [0, 0.05) is 31.2 Å². The lowest BCUT2D eigenvalue weighted by molar-refractivity contribution is 1.09. The first-order chi connectivity index (χ1) is 6.77. The number of aromatic nitrogens is 2. The summed E-state index contributed by atoms with van der Waals surface area (Å²) in [6.45, 7) is 5.59. The maximum Gasteiger partial charge on any atom is 0.160 e. The second-order valence-corrected chi connectivity index (χ2v) is 2.83. The Kier molecular flexibility index (Phi) is 3.73. The molecule has 0 radical (unpaired) electrons. The van der Waals surface area contributed by atoms with Crippen LogP contribution in [0.5, 0.6) is 0 Å². The van der Waals surface area contributed by atoms with Crippen LogP contribution in [-0.4, -0.2) is 23.2 Å². The molecule has 1 rings (SSSR count). The van der Waals surface area contributed by atoms with Gasteiger partial charge >= 0.3 is 0 Å². The molecule has 0 bridgehead atoms. The summed E-state index contributed by atoms with van der Waals surface area (Å²) in [5.74, 6) is 0.668. The fourth-order valence-electron chi connectivity index (χ4n) is 0.983. The smallest absolute Gasteiger partial charge is 0.160 e. The van der Waals surface area contributed by atoms with Gasteiger partial charge in [-0.05, 0) is 12.5 Å². The molecule has 0 saturated heterocycles. The summed E-state index contributed by atoms with van der Waals surface area (Å²) in [5.41, 5.74) is 1.91. The molecule has 0 amide bonds. The van der Waals surface area contributed by atoms with E-state index in [0.717, 1.165) is 11.1 Å². The minimum Gasteiger partial charge on any atom is -0.296 e. The third-order valence-corrected chi connectivity index (χ3v) is 1.60. The Hall–Kier alpha value is -1.77. The highest BCUT2D eigenvalue weighted by atomic mass is 14.9. The average molecular weight is 187 g/mol. The van der Waals surface area contributed by atoms with Gasteiger partial charge in [-0.15, -0.1) is 0 Å². The van der Waals surface area contributed by atoms with Crippen molar-refractivity contribution in [1.29, 1.82) is 0 Å². The van der Waals surface area contributed by atoms with E-state index < -0.39 is 0 Å². The molecule has 0 aromatic carbocycles. The molecule has 0 atom stereocenters. The van der Waals surface area contributed by atoms with Crippen LogP contribution in [-0.2, 0) is 0 Å². The van der Waals surface area contributed by atoms with E-state index in [1.165, 1.54) is 0 Å². The first kappa shape index (κ1) is 10.3. The quantitative estimate of drug-likeness (QED) is 0.536. The highest BCUT2D eigenvalue weighted by molar-refractivity contribution is 6.08.